The summed E-state index contributed by atoms with van der Waals surface area (Å²) in [5, 5.41) is 8.30. The number of hydrogen-bond donors (Lipinski definition) is 1. The molecule has 0 spiro atoms. The summed E-state index contributed by atoms with van der Waals surface area (Å²) in [6, 6.07) is 18.4. The molecule has 1 saturated heterocycles. The molecule has 4 aromatic rings. The Kier molecular flexibility index (Phi) is 6.41. The van der Waals surface area contributed by atoms with Gasteiger partial charge in [-0.25, -0.2) is 9.50 Å². The van der Waals surface area contributed by atoms with Crippen LogP contribution in [-0.2, 0) is 6.42 Å². The second-order valence-corrected chi connectivity index (χ2v) is 9.50. The fourth-order valence-corrected chi connectivity index (χ4v) is 5.21. The molecule has 3 aromatic heterocycles. The lowest BCUT2D eigenvalue weighted by molar-refractivity contribution is 0.343. The lowest BCUT2D eigenvalue weighted by Gasteiger charge is -2.15. The van der Waals surface area contributed by atoms with Crippen LogP contribution < -0.4 is 10.1 Å². The van der Waals surface area contributed by atoms with Gasteiger partial charge in [-0.05, 0) is 74.5 Å². The molecule has 0 bridgehead atoms. The summed E-state index contributed by atoms with van der Waals surface area (Å²) in [5.41, 5.74) is 3.93. The van der Waals surface area contributed by atoms with Gasteiger partial charge >= 0.3 is 0 Å². The van der Waals surface area contributed by atoms with E-state index in [0.717, 1.165) is 47.3 Å². The zero-order chi connectivity index (χ0) is 22.6. The fraction of sp³-hybridized carbons (Fsp3) is 0.308. The van der Waals surface area contributed by atoms with Gasteiger partial charge in [0.15, 0.2) is 11.5 Å². The zero-order valence-electron chi connectivity index (χ0n) is 19.0. The number of pyridine rings is 1. The van der Waals surface area contributed by atoms with E-state index in [1.165, 1.54) is 35.7 Å². The van der Waals surface area contributed by atoms with Gasteiger partial charge in [0.25, 0.3) is 0 Å². The van der Waals surface area contributed by atoms with Crippen LogP contribution in [0.15, 0.2) is 61.2 Å². The van der Waals surface area contributed by atoms with E-state index in [-0.39, 0.29) is 0 Å². The molecule has 5 rings (SSSR count). The molecule has 0 atom stereocenters. The normalized spacial score (nSPS) is 14.1. The first-order chi connectivity index (χ1) is 16.2. The van der Waals surface area contributed by atoms with Crippen molar-refractivity contribution in [3.63, 3.8) is 0 Å². The van der Waals surface area contributed by atoms with Crippen molar-refractivity contribution in [1.82, 2.24) is 24.8 Å². The van der Waals surface area contributed by atoms with E-state index in [9.17, 15) is 0 Å². The maximum Gasteiger partial charge on any atom is 0.156 e. The minimum Gasteiger partial charge on any atom is -0.497 e. The van der Waals surface area contributed by atoms with E-state index in [4.69, 9.17) is 14.8 Å². The molecule has 33 heavy (non-hydrogen) atoms. The number of ether oxygens (including phenoxy) is 1. The molecular weight excluding hydrogens is 430 g/mol. The molecule has 0 saturated carbocycles. The molecule has 7 heteroatoms. The maximum absolute atomic E-state index is 5.28. The number of methoxy groups -OCH3 is 1. The van der Waals surface area contributed by atoms with Gasteiger partial charge in [0.1, 0.15) is 5.75 Å². The monoisotopic (exact) mass is 459 g/mol. The summed E-state index contributed by atoms with van der Waals surface area (Å²) < 4.78 is 7.20. The molecule has 1 N–H and O–H groups in total. The summed E-state index contributed by atoms with van der Waals surface area (Å²) in [6.07, 6.45) is 3.36. The number of aromatic nitrogens is 3. The van der Waals surface area contributed by atoms with Gasteiger partial charge in [-0.2, -0.15) is 5.10 Å². The van der Waals surface area contributed by atoms with E-state index < -0.39 is 0 Å². The van der Waals surface area contributed by atoms with Crippen LogP contribution in [0.2, 0.25) is 0 Å². The topological polar surface area (TPSA) is 54.7 Å². The number of hydrogen-bond acceptors (Lipinski definition) is 6. The standard InChI is InChI=1S/C26H29N5OS/c1-19(27-14-17-30-15-3-4-16-30)24-13-12-22(33-24)18-25-28-26-7-5-6-23(31(26)29-25)20-8-10-21(32-2)11-9-20/h5-13,27H,1,3-4,14-18H2,2H3. The second-order valence-electron chi connectivity index (χ2n) is 8.33. The molecule has 4 heterocycles. The third-order valence-corrected chi connectivity index (χ3v) is 7.19. The fourth-order valence-electron chi connectivity index (χ4n) is 4.25. The highest BCUT2D eigenvalue weighted by atomic mass is 32.1. The SMILES string of the molecule is C=C(NCCN1CCCC1)c1ccc(Cc2nc3cccc(-c4ccc(OC)cc4)n3n2)s1. The summed E-state index contributed by atoms with van der Waals surface area (Å²) in [6.45, 7) is 8.71. The maximum atomic E-state index is 5.28. The molecule has 0 amide bonds. The Hall–Kier alpha value is -3.16. The van der Waals surface area contributed by atoms with Gasteiger partial charge in [-0.1, -0.05) is 12.6 Å². The third kappa shape index (κ3) is 4.94. The van der Waals surface area contributed by atoms with Crippen LogP contribution >= 0.6 is 11.3 Å². The highest BCUT2D eigenvalue weighted by Gasteiger charge is 2.13. The van der Waals surface area contributed by atoms with Gasteiger partial charge in [0.2, 0.25) is 0 Å². The van der Waals surface area contributed by atoms with Crippen molar-refractivity contribution in [2.24, 2.45) is 0 Å². The van der Waals surface area contributed by atoms with E-state index in [1.807, 2.05) is 40.9 Å². The second kappa shape index (κ2) is 9.77. The smallest absolute Gasteiger partial charge is 0.156 e. The van der Waals surface area contributed by atoms with Gasteiger partial charge in [0, 0.05) is 40.5 Å². The summed E-state index contributed by atoms with van der Waals surface area (Å²) >= 11 is 1.75. The van der Waals surface area contributed by atoms with Crippen LogP contribution in [0.5, 0.6) is 5.75 Å². The van der Waals surface area contributed by atoms with Crippen LogP contribution in [0.25, 0.3) is 22.6 Å². The Bertz CT molecular complexity index is 1240. The lowest BCUT2D eigenvalue weighted by atomic mass is 10.1. The summed E-state index contributed by atoms with van der Waals surface area (Å²) in [5.74, 6) is 1.66. The Morgan fingerprint density at radius 3 is 2.70 bits per heavy atom. The quantitative estimate of drug-likeness (QED) is 0.393. The minimum absolute atomic E-state index is 0.704. The summed E-state index contributed by atoms with van der Waals surface area (Å²) in [7, 11) is 1.68. The van der Waals surface area contributed by atoms with Gasteiger partial charge < -0.3 is 15.0 Å². The van der Waals surface area contributed by atoms with Crippen LogP contribution in [-0.4, -0.2) is 52.8 Å². The van der Waals surface area contributed by atoms with Crippen molar-refractivity contribution in [2.75, 3.05) is 33.3 Å². The predicted octanol–water partition coefficient (Wildman–Crippen LogP) is 4.71. The third-order valence-electron chi connectivity index (χ3n) is 6.05. The number of rotatable bonds is 9. The van der Waals surface area contributed by atoms with Crippen molar-refractivity contribution >= 4 is 22.7 Å². The Morgan fingerprint density at radius 2 is 1.91 bits per heavy atom. The molecule has 1 aliphatic heterocycles. The van der Waals surface area contributed by atoms with Crippen molar-refractivity contribution < 1.29 is 4.74 Å². The first-order valence-electron chi connectivity index (χ1n) is 11.4. The van der Waals surface area contributed by atoms with Crippen LogP contribution in [0.3, 0.4) is 0 Å². The van der Waals surface area contributed by atoms with Crippen molar-refractivity contribution in [3.8, 4) is 17.0 Å². The minimum atomic E-state index is 0.704. The van der Waals surface area contributed by atoms with Gasteiger partial charge in [-0.3, -0.25) is 0 Å². The molecule has 1 fully saturated rings. The number of nitrogens with zero attached hydrogens (tertiary/aromatic N) is 4. The van der Waals surface area contributed by atoms with Crippen molar-refractivity contribution in [3.05, 3.63) is 76.8 Å². The van der Waals surface area contributed by atoms with E-state index >= 15 is 0 Å². The number of likely N-dealkylation sites (tertiary alicyclic amines) is 1. The van der Waals surface area contributed by atoms with Gasteiger partial charge in [-0.15, -0.1) is 11.3 Å². The zero-order valence-corrected chi connectivity index (χ0v) is 19.8. The largest absolute Gasteiger partial charge is 0.497 e. The number of fused-ring (bicyclic) bond motifs is 1. The highest BCUT2D eigenvalue weighted by molar-refractivity contribution is 7.13. The van der Waals surface area contributed by atoms with Crippen LogP contribution in [0, 0.1) is 0 Å². The number of benzene rings is 1. The molecule has 170 valence electrons. The molecule has 1 aromatic carbocycles. The van der Waals surface area contributed by atoms with Crippen LogP contribution in [0.1, 0.15) is 28.4 Å². The summed E-state index contributed by atoms with van der Waals surface area (Å²) in [4.78, 5) is 9.68. The number of nitrogens with one attached hydrogen (secondary N) is 1. The lowest BCUT2D eigenvalue weighted by Crippen LogP contribution is -2.28. The average molecular weight is 460 g/mol. The molecule has 1 aliphatic rings. The molecule has 6 nitrogen and oxygen atoms in total. The van der Waals surface area contributed by atoms with Crippen molar-refractivity contribution in [2.45, 2.75) is 19.3 Å². The van der Waals surface area contributed by atoms with E-state index in [0.29, 0.717) is 6.42 Å². The van der Waals surface area contributed by atoms with E-state index in [1.54, 1.807) is 18.4 Å². The van der Waals surface area contributed by atoms with Gasteiger partial charge in [0.05, 0.1) is 12.8 Å². The first-order valence-corrected chi connectivity index (χ1v) is 12.2. The molecule has 0 unspecified atom stereocenters. The van der Waals surface area contributed by atoms with E-state index in [2.05, 4.69) is 35.0 Å². The number of thiophene rings is 1. The Labute approximate surface area is 198 Å². The average Bonchev–Trinajstić information content (AvgIpc) is 3.60. The first kappa shape index (κ1) is 21.7. The highest BCUT2D eigenvalue weighted by Crippen LogP contribution is 2.25. The Balaban J connectivity index is 1.26. The Morgan fingerprint density at radius 1 is 1.09 bits per heavy atom. The molecular formula is C26H29N5OS. The molecule has 0 aliphatic carbocycles. The predicted molar refractivity (Wildman–Crippen MR) is 135 cm³/mol. The van der Waals surface area contributed by atoms with Crippen molar-refractivity contribution in [1.29, 1.82) is 0 Å². The molecule has 0 radical (unpaired) electrons. The van der Waals surface area contributed by atoms with Crippen LogP contribution in [0.4, 0.5) is 0 Å².